The molecule has 0 spiro atoms. The van der Waals surface area contributed by atoms with Crippen molar-refractivity contribution in [3.05, 3.63) is 23.8 Å². The predicted octanol–water partition coefficient (Wildman–Crippen LogP) is 1.43. The molecule has 0 radical (unpaired) electrons. The molecule has 2 aromatic rings. The van der Waals surface area contributed by atoms with Gasteiger partial charge < -0.3 is 15.5 Å². The Bertz CT molecular complexity index is 764. The maximum Gasteiger partial charge on any atom is 0.416 e. The van der Waals surface area contributed by atoms with Crippen LogP contribution in [0, 0.1) is 0 Å². The Morgan fingerprint density at radius 1 is 1.33 bits per heavy atom. The molecule has 1 saturated heterocycles. The number of nitrogens with zero attached hydrogens (tertiary/aromatic N) is 3. The van der Waals surface area contributed by atoms with Gasteiger partial charge in [-0.25, -0.2) is 0 Å². The summed E-state index contributed by atoms with van der Waals surface area (Å²) in [5, 5.41) is 10.2. The number of rotatable bonds is 4. The van der Waals surface area contributed by atoms with E-state index in [1.165, 1.54) is 10.7 Å². The summed E-state index contributed by atoms with van der Waals surface area (Å²) in [6.45, 7) is 1.56. The Balaban J connectivity index is 1.73. The van der Waals surface area contributed by atoms with Crippen molar-refractivity contribution in [3.63, 3.8) is 0 Å². The van der Waals surface area contributed by atoms with Gasteiger partial charge in [-0.15, -0.1) is 0 Å². The number of aromatic nitrogens is 2. The summed E-state index contributed by atoms with van der Waals surface area (Å²) in [5.74, 6) is 0.0540. The number of likely N-dealkylation sites (N-methyl/N-ethyl adjacent to an activating group) is 1. The molecule has 1 aliphatic heterocycles. The topological polar surface area (TPSA) is 62.2 Å². The molecule has 1 aromatic carbocycles. The molecule has 130 valence electrons. The summed E-state index contributed by atoms with van der Waals surface area (Å²) < 4.78 is 40.1. The fraction of sp³-hybridized carbons (Fsp3) is 0.467. The van der Waals surface area contributed by atoms with Crippen LogP contribution in [0.1, 0.15) is 5.56 Å². The predicted molar refractivity (Wildman–Crippen MR) is 83.6 cm³/mol. The van der Waals surface area contributed by atoms with E-state index in [1.54, 1.807) is 7.05 Å². The largest absolute Gasteiger partial charge is 0.416 e. The third-order valence-corrected chi connectivity index (χ3v) is 4.02. The number of benzene rings is 1. The molecule has 1 aromatic heterocycles. The number of likely N-dealkylation sites (tertiary alicyclic amines) is 1. The van der Waals surface area contributed by atoms with Crippen molar-refractivity contribution in [3.8, 4) is 0 Å². The summed E-state index contributed by atoms with van der Waals surface area (Å²) in [6.07, 6.45) is -4.42. The summed E-state index contributed by atoms with van der Waals surface area (Å²) in [6, 6.07) is 3.57. The number of halogens is 3. The number of hydrogen-bond donors (Lipinski definition) is 2. The van der Waals surface area contributed by atoms with Crippen LogP contribution < -0.4 is 10.6 Å². The van der Waals surface area contributed by atoms with Gasteiger partial charge in [-0.1, -0.05) is 0 Å². The van der Waals surface area contributed by atoms with E-state index in [2.05, 4.69) is 20.6 Å². The maximum absolute atomic E-state index is 12.9. The van der Waals surface area contributed by atoms with E-state index in [9.17, 15) is 18.0 Å². The lowest BCUT2D eigenvalue weighted by molar-refractivity contribution is -0.137. The quantitative estimate of drug-likeness (QED) is 0.883. The SMILES string of the molecule is CN1CC(NC(=O)CNc2nn(C)c3ccc(C(F)(F)F)cc23)C1. The van der Waals surface area contributed by atoms with Crippen molar-refractivity contribution < 1.29 is 18.0 Å². The second-order valence-electron chi connectivity index (χ2n) is 6.04. The van der Waals surface area contributed by atoms with Gasteiger partial charge in [0, 0.05) is 25.5 Å². The standard InChI is InChI=1S/C15H18F3N5O/c1-22-7-10(8-22)20-13(24)6-19-14-11-5-9(15(16,17)18)3-4-12(11)23(2)21-14/h3-5,10H,6-8H2,1-2H3,(H,19,21)(H,20,24). The lowest BCUT2D eigenvalue weighted by Gasteiger charge is -2.36. The van der Waals surface area contributed by atoms with Crippen LogP contribution in [0.2, 0.25) is 0 Å². The highest BCUT2D eigenvalue weighted by molar-refractivity contribution is 5.92. The van der Waals surface area contributed by atoms with Gasteiger partial charge in [-0.2, -0.15) is 18.3 Å². The minimum Gasteiger partial charge on any atom is -0.359 e. The summed E-state index contributed by atoms with van der Waals surface area (Å²) in [7, 11) is 3.60. The van der Waals surface area contributed by atoms with E-state index in [1.807, 2.05) is 7.05 Å². The monoisotopic (exact) mass is 341 g/mol. The first kappa shape index (κ1) is 16.6. The second kappa shape index (κ2) is 5.97. The molecule has 24 heavy (non-hydrogen) atoms. The Kier molecular flexibility index (Phi) is 4.12. The van der Waals surface area contributed by atoms with Crippen LogP contribution in [0.4, 0.5) is 19.0 Å². The maximum atomic E-state index is 12.9. The number of carbonyl (C=O) groups is 1. The Morgan fingerprint density at radius 3 is 2.67 bits per heavy atom. The van der Waals surface area contributed by atoms with E-state index < -0.39 is 11.7 Å². The molecule has 1 fully saturated rings. The van der Waals surface area contributed by atoms with Crippen molar-refractivity contribution in [2.45, 2.75) is 12.2 Å². The zero-order chi connectivity index (χ0) is 17.5. The fourth-order valence-corrected chi connectivity index (χ4v) is 2.81. The Hall–Kier alpha value is -2.29. The van der Waals surface area contributed by atoms with Gasteiger partial charge in [0.2, 0.25) is 5.91 Å². The molecule has 0 saturated carbocycles. The van der Waals surface area contributed by atoms with Crippen molar-refractivity contribution >= 4 is 22.6 Å². The molecule has 0 atom stereocenters. The van der Waals surface area contributed by atoms with Gasteiger partial charge in [0.05, 0.1) is 23.7 Å². The number of amides is 1. The highest BCUT2D eigenvalue weighted by atomic mass is 19.4. The minimum absolute atomic E-state index is 0.0391. The molecule has 1 amide bonds. The first-order valence-electron chi connectivity index (χ1n) is 7.50. The average Bonchev–Trinajstić information content (AvgIpc) is 2.79. The van der Waals surface area contributed by atoms with Crippen molar-refractivity contribution in [2.24, 2.45) is 7.05 Å². The number of carbonyl (C=O) groups excluding carboxylic acids is 1. The van der Waals surface area contributed by atoms with Crippen LogP contribution in [0.5, 0.6) is 0 Å². The summed E-state index contributed by atoms with van der Waals surface area (Å²) in [5.41, 5.74) is -0.181. The van der Waals surface area contributed by atoms with Crippen LogP contribution >= 0.6 is 0 Å². The fourth-order valence-electron chi connectivity index (χ4n) is 2.81. The summed E-state index contributed by atoms with van der Waals surface area (Å²) >= 11 is 0. The van der Waals surface area contributed by atoms with E-state index in [0.717, 1.165) is 25.2 Å². The molecule has 0 bridgehead atoms. The number of hydrogen-bond acceptors (Lipinski definition) is 4. The Morgan fingerprint density at radius 2 is 2.04 bits per heavy atom. The molecule has 3 rings (SSSR count). The van der Waals surface area contributed by atoms with Gasteiger partial charge in [0.15, 0.2) is 5.82 Å². The van der Waals surface area contributed by atoms with E-state index in [0.29, 0.717) is 10.9 Å². The van der Waals surface area contributed by atoms with Crippen LogP contribution in [0.15, 0.2) is 18.2 Å². The number of anilines is 1. The molecule has 0 aliphatic carbocycles. The van der Waals surface area contributed by atoms with E-state index >= 15 is 0 Å². The number of alkyl halides is 3. The van der Waals surface area contributed by atoms with Crippen molar-refractivity contribution in [1.82, 2.24) is 20.0 Å². The molecule has 6 nitrogen and oxygen atoms in total. The number of fused-ring (bicyclic) bond motifs is 1. The zero-order valence-electron chi connectivity index (χ0n) is 13.3. The normalized spacial score (nSPS) is 16.2. The third-order valence-electron chi connectivity index (χ3n) is 4.02. The van der Waals surface area contributed by atoms with Gasteiger partial charge >= 0.3 is 6.18 Å². The van der Waals surface area contributed by atoms with Crippen LogP contribution in [-0.4, -0.2) is 53.3 Å². The number of nitrogens with one attached hydrogen (secondary N) is 2. The van der Waals surface area contributed by atoms with Crippen molar-refractivity contribution in [1.29, 1.82) is 0 Å². The van der Waals surface area contributed by atoms with Crippen LogP contribution in [-0.2, 0) is 18.0 Å². The molecule has 1 aliphatic rings. The van der Waals surface area contributed by atoms with E-state index in [4.69, 9.17) is 0 Å². The second-order valence-corrected chi connectivity index (χ2v) is 6.04. The van der Waals surface area contributed by atoms with Gasteiger partial charge in [0.1, 0.15) is 0 Å². The molecular formula is C15H18F3N5O. The smallest absolute Gasteiger partial charge is 0.359 e. The average molecular weight is 341 g/mol. The molecule has 2 heterocycles. The lowest BCUT2D eigenvalue weighted by Crippen LogP contribution is -2.58. The molecule has 0 unspecified atom stereocenters. The zero-order valence-corrected chi connectivity index (χ0v) is 13.3. The first-order chi connectivity index (χ1) is 11.2. The number of aryl methyl sites for hydroxylation is 1. The van der Waals surface area contributed by atoms with Crippen LogP contribution in [0.25, 0.3) is 10.9 Å². The first-order valence-corrected chi connectivity index (χ1v) is 7.50. The highest BCUT2D eigenvalue weighted by Crippen LogP contribution is 2.33. The van der Waals surface area contributed by atoms with Crippen molar-refractivity contribution in [2.75, 3.05) is 32.0 Å². The van der Waals surface area contributed by atoms with Gasteiger partial charge in [-0.3, -0.25) is 9.48 Å². The highest BCUT2D eigenvalue weighted by Gasteiger charge is 2.31. The Labute approximate surface area is 136 Å². The molecule has 2 N–H and O–H groups in total. The minimum atomic E-state index is -4.42. The third kappa shape index (κ3) is 3.30. The van der Waals surface area contributed by atoms with Gasteiger partial charge in [-0.05, 0) is 25.2 Å². The van der Waals surface area contributed by atoms with Crippen LogP contribution in [0.3, 0.4) is 0 Å². The van der Waals surface area contributed by atoms with Gasteiger partial charge in [0.25, 0.3) is 0 Å². The van der Waals surface area contributed by atoms with E-state index in [-0.39, 0.29) is 24.3 Å². The molecule has 9 heteroatoms. The lowest BCUT2D eigenvalue weighted by atomic mass is 10.1. The molecular weight excluding hydrogens is 323 g/mol. The summed E-state index contributed by atoms with van der Waals surface area (Å²) in [4.78, 5) is 14.0.